The number of nitrogens with zero attached hydrogens (tertiary/aromatic N) is 1. The average Bonchev–Trinajstić information content (AvgIpc) is 2.77. The molecule has 0 amide bonds. The van der Waals surface area contributed by atoms with Crippen LogP contribution in [0.5, 0.6) is 0 Å². The highest BCUT2D eigenvalue weighted by Crippen LogP contribution is 2.33. The van der Waals surface area contributed by atoms with Crippen LogP contribution in [0.25, 0.3) is 0 Å². The zero-order chi connectivity index (χ0) is 12.4. The summed E-state index contributed by atoms with van der Waals surface area (Å²) in [6.07, 6.45) is -0.0255. The van der Waals surface area contributed by atoms with E-state index in [1.807, 2.05) is 0 Å². The SMILES string of the molecule is COC(=O)C1=NOC(c2ccc(Cl)cc2Cl)C1. The minimum absolute atomic E-state index is 0.253. The number of hydrogen-bond acceptors (Lipinski definition) is 4. The Labute approximate surface area is 108 Å². The molecule has 6 heteroatoms. The fraction of sp³-hybridized carbons (Fsp3) is 0.273. The molecule has 1 atom stereocenters. The summed E-state index contributed by atoms with van der Waals surface area (Å²) in [6, 6.07) is 5.09. The number of esters is 1. The molecule has 1 aromatic carbocycles. The van der Waals surface area contributed by atoms with Gasteiger partial charge in [-0.15, -0.1) is 0 Å². The number of rotatable bonds is 2. The van der Waals surface area contributed by atoms with E-state index in [-0.39, 0.29) is 11.8 Å². The summed E-state index contributed by atoms with van der Waals surface area (Å²) in [6.45, 7) is 0. The van der Waals surface area contributed by atoms with Crippen LogP contribution in [0.4, 0.5) is 0 Å². The lowest BCUT2D eigenvalue weighted by Crippen LogP contribution is -2.14. The van der Waals surface area contributed by atoms with Crippen LogP contribution in [0.2, 0.25) is 10.0 Å². The third-order valence-electron chi connectivity index (χ3n) is 2.40. The molecule has 0 bridgehead atoms. The summed E-state index contributed by atoms with van der Waals surface area (Å²) in [5.74, 6) is -0.488. The average molecular weight is 274 g/mol. The van der Waals surface area contributed by atoms with Gasteiger partial charge in [0.1, 0.15) is 0 Å². The van der Waals surface area contributed by atoms with Gasteiger partial charge in [-0.05, 0) is 12.1 Å². The van der Waals surface area contributed by atoms with Crippen LogP contribution in [-0.2, 0) is 14.4 Å². The van der Waals surface area contributed by atoms with E-state index < -0.39 is 5.97 Å². The molecule has 1 aromatic rings. The Balaban J connectivity index is 2.15. The molecule has 2 rings (SSSR count). The van der Waals surface area contributed by atoms with Gasteiger partial charge in [-0.2, -0.15) is 0 Å². The predicted octanol–water partition coefficient (Wildman–Crippen LogP) is 2.98. The first kappa shape index (κ1) is 12.2. The molecular formula is C11H9Cl2NO3. The highest BCUT2D eigenvalue weighted by Gasteiger charge is 2.29. The number of ether oxygens (including phenoxy) is 1. The van der Waals surface area contributed by atoms with Crippen molar-refractivity contribution < 1.29 is 14.4 Å². The summed E-state index contributed by atoms with van der Waals surface area (Å²) in [5.41, 5.74) is 1.00. The van der Waals surface area contributed by atoms with Crippen LogP contribution in [0.15, 0.2) is 23.4 Å². The maximum Gasteiger partial charge on any atom is 0.355 e. The fourth-order valence-corrected chi connectivity index (χ4v) is 2.08. The van der Waals surface area contributed by atoms with Crippen LogP contribution in [0.3, 0.4) is 0 Å². The Kier molecular flexibility index (Phi) is 3.54. The Morgan fingerprint density at radius 2 is 2.29 bits per heavy atom. The molecule has 0 aromatic heterocycles. The quantitative estimate of drug-likeness (QED) is 0.779. The first-order valence-electron chi connectivity index (χ1n) is 4.87. The lowest BCUT2D eigenvalue weighted by Gasteiger charge is -2.10. The Morgan fingerprint density at radius 1 is 1.53 bits per heavy atom. The zero-order valence-electron chi connectivity index (χ0n) is 8.94. The monoisotopic (exact) mass is 273 g/mol. The van der Waals surface area contributed by atoms with Crippen LogP contribution in [-0.4, -0.2) is 18.8 Å². The molecule has 90 valence electrons. The molecule has 1 aliphatic rings. The van der Waals surface area contributed by atoms with Crippen LogP contribution in [0.1, 0.15) is 18.1 Å². The van der Waals surface area contributed by atoms with E-state index in [1.54, 1.807) is 18.2 Å². The smallest absolute Gasteiger partial charge is 0.355 e. The molecule has 1 aliphatic heterocycles. The van der Waals surface area contributed by atoms with Crippen molar-refractivity contribution in [2.45, 2.75) is 12.5 Å². The van der Waals surface area contributed by atoms with Crippen molar-refractivity contribution in [1.82, 2.24) is 0 Å². The van der Waals surface area contributed by atoms with Crippen molar-refractivity contribution in [3.8, 4) is 0 Å². The molecule has 0 N–H and O–H groups in total. The second-order valence-electron chi connectivity index (χ2n) is 3.49. The van der Waals surface area contributed by atoms with Gasteiger partial charge in [0, 0.05) is 22.0 Å². The lowest BCUT2D eigenvalue weighted by atomic mass is 10.0. The normalized spacial score (nSPS) is 18.5. The second kappa shape index (κ2) is 4.94. The zero-order valence-corrected chi connectivity index (χ0v) is 10.5. The Bertz CT molecular complexity index is 488. The van der Waals surface area contributed by atoms with E-state index in [9.17, 15) is 4.79 Å². The third-order valence-corrected chi connectivity index (χ3v) is 2.96. The van der Waals surface area contributed by atoms with Gasteiger partial charge in [-0.1, -0.05) is 34.4 Å². The van der Waals surface area contributed by atoms with Crippen molar-refractivity contribution >= 4 is 34.9 Å². The van der Waals surface area contributed by atoms with Crippen molar-refractivity contribution in [3.63, 3.8) is 0 Å². The van der Waals surface area contributed by atoms with E-state index in [2.05, 4.69) is 9.89 Å². The van der Waals surface area contributed by atoms with Crippen molar-refractivity contribution in [2.24, 2.45) is 5.16 Å². The number of methoxy groups -OCH3 is 1. The largest absolute Gasteiger partial charge is 0.464 e. The van der Waals surface area contributed by atoms with Gasteiger partial charge in [0.25, 0.3) is 0 Å². The molecule has 4 nitrogen and oxygen atoms in total. The van der Waals surface area contributed by atoms with Gasteiger partial charge in [0.2, 0.25) is 0 Å². The highest BCUT2D eigenvalue weighted by molar-refractivity contribution is 6.37. The van der Waals surface area contributed by atoms with Crippen LogP contribution < -0.4 is 0 Å². The summed E-state index contributed by atoms with van der Waals surface area (Å²) in [7, 11) is 1.30. The van der Waals surface area contributed by atoms with E-state index in [0.717, 1.165) is 5.56 Å². The standard InChI is InChI=1S/C11H9Cl2NO3/c1-16-11(15)9-5-10(17-14-9)7-3-2-6(12)4-8(7)13/h2-4,10H,5H2,1H3. The molecular weight excluding hydrogens is 265 g/mol. The minimum atomic E-state index is -0.488. The van der Waals surface area contributed by atoms with Gasteiger partial charge in [0.15, 0.2) is 11.8 Å². The lowest BCUT2D eigenvalue weighted by molar-refractivity contribution is -0.132. The molecule has 0 saturated heterocycles. The molecule has 0 spiro atoms. The Hall–Kier alpha value is -1.26. The number of benzene rings is 1. The van der Waals surface area contributed by atoms with E-state index in [1.165, 1.54) is 7.11 Å². The van der Waals surface area contributed by atoms with E-state index in [0.29, 0.717) is 16.5 Å². The van der Waals surface area contributed by atoms with Gasteiger partial charge in [0.05, 0.1) is 7.11 Å². The third kappa shape index (κ3) is 2.53. The number of halogens is 2. The molecule has 0 radical (unpaired) electrons. The van der Waals surface area contributed by atoms with Gasteiger partial charge < -0.3 is 9.57 Å². The second-order valence-corrected chi connectivity index (χ2v) is 4.34. The summed E-state index contributed by atoms with van der Waals surface area (Å²) in [5, 5.41) is 4.72. The van der Waals surface area contributed by atoms with E-state index >= 15 is 0 Å². The molecule has 0 aliphatic carbocycles. The van der Waals surface area contributed by atoms with Crippen molar-refractivity contribution in [1.29, 1.82) is 0 Å². The predicted molar refractivity (Wildman–Crippen MR) is 64.4 cm³/mol. The Morgan fingerprint density at radius 3 is 2.94 bits per heavy atom. The highest BCUT2D eigenvalue weighted by atomic mass is 35.5. The molecule has 0 fully saturated rings. The number of hydrogen-bond donors (Lipinski definition) is 0. The van der Waals surface area contributed by atoms with Crippen molar-refractivity contribution in [2.75, 3.05) is 7.11 Å². The summed E-state index contributed by atoms with van der Waals surface area (Å²) in [4.78, 5) is 16.4. The summed E-state index contributed by atoms with van der Waals surface area (Å²) >= 11 is 11.8. The van der Waals surface area contributed by atoms with Gasteiger partial charge in [-0.3, -0.25) is 0 Å². The van der Waals surface area contributed by atoms with Gasteiger partial charge in [-0.25, -0.2) is 4.79 Å². The fourth-order valence-electron chi connectivity index (χ4n) is 1.55. The first-order valence-corrected chi connectivity index (χ1v) is 5.63. The molecule has 1 heterocycles. The molecule has 0 saturated carbocycles. The first-order chi connectivity index (χ1) is 8.11. The molecule has 17 heavy (non-hydrogen) atoms. The minimum Gasteiger partial charge on any atom is -0.464 e. The summed E-state index contributed by atoms with van der Waals surface area (Å²) < 4.78 is 4.56. The van der Waals surface area contributed by atoms with Crippen LogP contribution >= 0.6 is 23.2 Å². The number of carbonyl (C=O) groups excluding carboxylic acids is 1. The van der Waals surface area contributed by atoms with Crippen LogP contribution in [0, 0.1) is 0 Å². The van der Waals surface area contributed by atoms with Crippen molar-refractivity contribution in [3.05, 3.63) is 33.8 Å². The maximum atomic E-state index is 11.2. The number of oxime groups is 1. The topological polar surface area (TPSA) is 47.9 Å². The van der Waals surface area contributed by atoms with E-state index in [4.69, 9.17) is 28.0 Å². The van der Waals surface area contributed by atoms with Gasteiger partial charge >= 0.3 is 5.97 Å². The molecule has 1 unspecified atom stereocenters. The number of carbonyl (C=O) groups is 1. The maximum absolute atomic E-state index is 11.2.